The molecule has 0 heterocycles. The van der Waals surface area contributed by atoms with Crippen LogP contribution in [0.1, 0.15) is 254 Å². The van der Waals surface area contributed by atoms with E-state index in [4.69, 9.17) is 28.4 Å². The molecular formula is C115H158N8O16. The van der Waals surface area contributed by atoms with Crippen molar-refractivity contribution in [3.8, 4) is 35.8 Å². The van der Waals surface area contributed by atoms with Crippen molar-refractivity contribution in [1.82, 2.24) is 19.6 Å². The maximum absolute atomic E-state index is 12.2. The number of benzene rings is 8. The minimum Gasteiger partial charge on any atom is -0.493 e. The summed E-state index contributed by atoms with van der Waals surface area (Å²) < 4.78 is 31.2. The maximum atomic E-state index is 12.2. The van der Waals surface area contributed by atoms with Gasteiger partial charge in [-0.25, -0.2) is 14.4 Å². The fourth-order valence-electron chi connectivity index (χ4n) is 17.7. The summed E-state index contributed by atoms with van der Waals surface area (Å²) >= 11 is 0. The number of rotatable bonds is 56. The minimum absolute atomic E-state index is 0.0886. The zero-order valence-electron chi connectivity index (χ0n) is 86.2. The molecule has 0 aliphatic carbocycles. The first-order valence-electron chi connectivity index (χ1n) is 49.1. The van der Waals surface area contributed by atoms with Gasteiger partial charge in [-0.05, 0) is 287 Å². The topological polar surface area (TPSA) is 353 Å². The Morgan fingerprint density at radius 3 is 1.04 bits per heavy atom. The van der Waals surface area contributed by atoms with Crippen LogP contribution < -0.4 is 9.47 Å². The van der Waals surface area contributed by atoms with Gasteiger partial charge in [0.05, 0.1) is 137 Å². The third kappa shape index (κ3) is 35.6. The number of aliphatic hydroxyl groups is 6. The third-order valence-corrected chi connectivity index (χ3v) is 27.2. The highest BCUT2D eigenvalue weighted by molar-refractivity contribution is 5.91. The molecule has 0 spiro atoms. The molecule has 754 valence electrons. The standard InChI is InChI=1S/C30H42N2O4.C29H40N2O5.C29H40N2O3.C27H36N2O4/c1-5-6-17-36-29(35)25-10-7-9-24(18-25)13-16-32(4)15-8-14-30(22-31,23(2)3)28-12-11-26(20-33)27(19-28)21-34;1-22(2)29(21-30,27-10-9-25(19-32)26(18-27)20-33)12-6-13-31(3)14-11-23-7-5-8-24(17-23)28(34)36-16-15-35-4;1-5-28(34)17-24-9-6-8-23(16-24)12-15-31(4)14-7-13-29(21-30,22(2)3)27-11-10-25(19-32)26(18-27)20-33;1-20(2)27(19-28,22-12-13-24(31-4)25(18-22)32-5)15-9-16-29(3)17-14-21-10-7-8-11-23(21)26(30)33-6/h7,9-12,18-19,23,33-34H,5-6,8,13-17,20-21H2,1-4H3;5,7-10,17-18,22,32-33H,6,11-16,19-20H2,1-4H3;6,8-11,16,18,22,32-33H,5,7,12-15,17,19-20H2,1-4H3;7-8,10-13,18,20H,9,14-17H2,1-6H3. The Morgan fingerprint density at radius 2 is 0.691 bits per heavy atom. The number of esters is 3. The molecular weight excluding hydrogens is 1750 g/mol. The van der Waals surface area contributed by atoms with Crippen LogP contribution in [-0.4, -0.2) is 203 Å². The van der Waals surface area contributed by atoms with Gasteiger partial charge >= 0.3 is 17.9 Å². The van der Waals surface area contributed by atoms with Gasteiger partial charge in [-0.3, -0.25) is 4.79 Å². The van der Waals surface area contributed by atoms with Crippen LogP contribution in [0.2, 0.25) is 0 Å². The Hall–Kier alpha value is -11.0. The van der Waals surface area contributed by atoms with Crippen LogP contribution >= 0.6 is 0 Å². The lowest BCUT2D eigenvalue weighted by molar-refractivity contribution is -0.118. The Labute approximate surface area is 829 Å². The highest BCUT2D eigenvalue weighted by atomic mass is 16.6. The minimum atomic E-state index is -0.670. The van der Waals surface area contributed by atoms with Crippen molar-refractivity contribution in [2.45, 2.75) is 233 Å². The summed E-state index contributed by atoms with van der Waals surface area (Å²) in [5.41, 5.74) is 12.4. The fraction of sp³-hybridized carbons (Fsp3) is 0.513. The Kier molecular flexibility index (Phi) is 53.0. The number of hydrogen-bond donors (Lipinski definition) is 6. The normalized spacial score (nSPS) is 13.0. The van der Waals surface area contributed by atoms with Gasteiger partial charge in [0.15, 0.2) is 11.5 Å². The molecule has 8 aromatic carbocycles. The van der Waals surface area contributed by atoms with Crippen LogP contribution in [0.5, 0.6) is 11.5 Å². The predicted octanol–water partition coefficient (Wildman–Crippen LogP) is 18.3. The fourth-order valence-corrected chi connectivity index (χ4v) is 17.7. The van der Waals surface area contributed by atoms with Crippen LogP contribution in [-0.2, 0) is 117 Å². The second-order valence-electron chi connectivity index (χ2n) is 37.6. The van der Waals surface area contributed by atoms with Crippen LogP contribution in [0.4, 0.5) is 0 Å². The summed E-state index contributed by atoms with van der Waals surface area (Å²) in [6.45, 7) is 27.5. The van der Waals surface area contributed by atoms with E-state index in [1.165, 1.54) is 12.7 Å². The first kappa shape index (κ1) is 118. The van der Waals surface area contributed by atoms with E-state index >= 15 is 0 Å². The zero-order chi connectivity index (χ0) is 103. The van der Waals surface area contributed by atoms with Gasteiger partial charge in [0.1, 0.15) is 12.4 Å². The molecule has 0 bridgehead atoms. The highest BCUT2D eigenvalue weighted by Crippen LogP contribution is 2.43. The van der Waals surface area contributed by atoms with Crippen LogP contribution in [0, 0.1) is 69.0 Å². The van der Waals surface area contributed by atoms with Crippen LogP contribution in [0.3, 0.4) is 0 Å². The Morgan fingerprint density at radius 1 is 0.345 bits per heavy atom. The molecule has 0 saturated heterocycles. The van der Waals surface area contributed by atoms with Crippen molar-refractivity contribution in [2.75, 3.05) is 129 Å². The number of ether oxygens (including phenoxy) is 6. The van der Waals surface area contributed by atoms with E-state index in [2.05, 4.69) is 147 Å². The Balaban J connectivity index is 0.000000327. The molecule has 0 radical (unpaired) electrons. The molecule has 0 aromatic heterocycles. The summed E-state index contributed by atoms with van der Waals surface area (Å²) in [4.78, 5) is 57.2. The number of carbonyl (C=O) groups excluding carboxylic acids is 4. The van der Waals surface area contributed by atoms with E-state index in [1.54, 1.807) is 39.5 Å². The van der Waals surface area contributed by atoms with Crippen molar-refractivity contribution in [1.29, 1.82) is 21.0 Å². The number of unbranched alkanes of at least 4 members (excludes halogenated alkanes) is 1. The third-order valence-electron chi connectivity index (χ3n) is 27.2. The van der Waals surface area contributed by atoms with Gasteiger partial charge in [-0.15, -0.1) is 0 Å². The smallest absolute Gasteiger partial charge is 0.338 e. The molecule has 6 N–H and O–H groups in total. The van der Waals surface area contributed by atoms with Gasteiger partial charge in [0.2, 0.25) is 0 Å². The number of Topliss-reactive ketones (excluding diaryl/α,β-unsaturated/α-hetero) is 1. The maximum Gasteiger partial charge on any atom is 0.338 e. The molecule has 0 aliphatic rings. The van der Waals surface area contributed by atoms with Crippen molar-refractivity contribution in [3.05, 3.63) is 270 Å². The average Bonchev–Trinajstić information content (AvgIpc) is 0.799. The lowest BCUT2D eigenvalue weighted by Crippen LogP contribution is -2.33. The molecule has 139 heavy (non-hydrogen) atoms. The number of methoxy groups -OCH3 is 4. The van der Waals surface area contributed by atoms with E-state index in [0.29, 0.717) is 100 Å². The predicted molar refractivity (Wildman–Crippen MR) is 548 cm³/mol. The van der Waals surface area contributed by atoms with Gasteiger partial charge in [-0.2, -0.15) is 21.0 Å². The largest absolute Gasteiger partial charge is 0.493 e. The lowest BCUT2D eigenvalue weighted by Gasteiger charge is -2.32. The summed E-state index contributed by atoms with van der Waals surface area (Å²) in [7, 11) is 14.5. The summed E-state index contributed by atoms with van der Waals surface area (Å²) in [6.07, 6.45) is 12.5. The molecule has 0 saturated carbocycles. The first-order valence-corrected chi connectivity index (χ1v) is 49.1. The number of aliphatic hydroxyl groups excluding tert-OH is 6. The van der Waals surface area contributed by atoms with Crippen molar-refractivity contribution in [3.63, 3.8) is 0 Å². The second kappa shape index (κ2) is 62.2. The van der Waals surface area contributed by atoms with Gasteiger partial charge in [0, 0.05) is 46.1 Å². The van der Waals surface area contributed by atoms with E-state index in [1.807, 2.05) is 146 Å². The number of nitriles is 4. The molecule has 0 aliphatic heterocycles. The average molecular weight is 1910 g/mol. The van der Waals surface area contributed by atoms with E-state index in [9.17, 15) is 70.9 Å². The van der Waals surface area contributed by atoms with Crippen LogP contribution in [0.15, 0.2) is 170 Å². The molecule has 24 heteroatoms. The molecule has 4 unspecified atom stereocenters. The van der Waals surface area contributed by atoms with Crippen molar-refractivity contribution in [2.24, 2.45) is 23.7 Å². The molecule has 4 atom stereocenters. The summed E-state index contributed by atoms with van der Waals surface area (Å²) in [6, 6.07) is 63.9. The monoisotopic (exact) mass is 1910 g/mol. The van der Waals surface area contributed by atoms with E-state index in [0.717, 1.165) is 174 Å². The van der Waals surface area contributed by atoms with Crippen molar-refractivity contribution < 1.29 is 78.2 Å². The lowest BCUT2D eigenvalue weighted by atomic mass is 9.69. The quantitative estimate of drug-likeness (QED) is 0.0117. The van der Waals surface area contributed by atoms with Crippen molar-refractivity contribution >= 4 is 23.7 Å². The van der Waals surface area contributed by atoms with E-state index in [-0.39, 0.29) is 93.6 Å². The van der Waals surface area contributed by atoms with Gasteiger partial charge < -0.3 is 78.7 Å². The molecule has 0 amide bonds. The van der Waals surface area contributed by atoms with Gasteiger partial charge in [-0.1, -0.05) is 203 Å². The first-order chi connectivity index (χ1) is 66.7. The molecule has 0 fully saturated rings. The number of nitrogens with zero attached hydrogens (tertiary/aromatic N) is 8. The van der Waals surface area contributed by atoms with Crippen LogP contribution in [0.25, 0.3) is 0 Å². The molecule has 8 rings (SSSR count). The SMILES string of the molecule is CCC(=O)Cc1cccc(CCN(C)CCCC(C#N)(c2ccc(CO)c(CO)c2)C(C)C)c1.CCCCOC(=O)c1cccc(CCN(C)CCCC(C#N)(c2ccc(CO)c(CO)c2)C(C)C)c1.COC(=O)c1ccccc1CCN(C)CCCC(C#N)(c1ccc(OC)c(OC)c1)C(C)C.COCCOC(=O)c1cccc(CCN(C)CCCC(C#N)(c2ccc(CO)c(CO)c2)C(C)C)c1. The van der Waals surface area contributed by atoms with Gasteiger partial charge in [0.25, 0.3) is 0 Å². The number of hydrogen-bond acceptors (Lipinski definition) is 24. The second-order valence-corrected chi connectivity index (χ2v) is 37.6. The highest BCUT2D eigenvalue weighted by Gasteiger charge is 2.40. The number of ketones is 1. The van der Waals surface area contributed by atoms with E-state index < -0.39 is 21.7 Å². The summed E-state index contributed by atoms with van der Waals surface area (Å²) in [5.74, 6) is 1.07. The number of carbonyl (C=O) groups is 4. The molecule has 8 aromatic rings. The number of likely N-dealkylation sites (N-methyl/N-ethyl adjacent to an activating group) is 4. The zero-order valence-corrected chi connectivity index (χ0v) is 86.2. The Bertz CT molecular complexity index is 5100. The molecule has 24 nitrogen and oxygen atoms in total. The summed E-state index contributed by atoms with van der Waals surface area (Å²) in [5, 5.41) is 98.6.